The molecule has 0 saturated heterocycles. The zero-order valence-electron chi connectivity index (χ0n) is 12.5. The fraction of sp³-hybridized carbons (Fsp3) is 0.412. The van der Waals surface area contributed by atoms with Gasteiger partial charge in [0.15, 0.2) is 0 Å². The van der Waals surface area contributed by atoms with E-state index in [0.717, 1.165) is 12.3 Å². The van der Waals surface area contributed by atoms with Crippen molar-refractivity contribution in [3.05, 3.63) is 48.3 Å². The molecule has 0 bridgehead atoms. The molecule has 0 aliphatic heterocycles. The van der Waals surface area contributed by atoms with E-state index in [4.69, 9.17) is 4.74 Å². The van der Waals surface area contributed by atoms with E-state index in [2.05, 4.69) is 21.4 Å². The summed E-state index contributed by atoms with van der Waals surface area (Å²) in [5.41, 5.74) is 1.23. The molecular formula is C17H21ClN3O-. The van der Waals surface area contributed by atoms with Gasteiger partial charge in [-0.2, -0.15) is 0 Å². The molecule has 22 heavy (non-hydrogen) atoms. The number of ether oxygens (including phenoxy) is 1. The van der Waals surface area contributed by atoms with Crippen LogP contribution >= 0.6 is 0 Å². The minimum Gasteiger partial charge on any atom is -1.00 e. The van der Waals surface area contributed by atoms with E-state index in [1.54, 1.807) is 18.5 Å². The number of benzene rings is 1. The summed E-state index contributed by atoms with van der Waals surface area (Å²) in [6.45, 7) is 0.886. The molecular weight excluding hydrogens is 298 g/mol. The van der Waals surface area contributed by atoms with E-state index in [0.29, 0.717) is 12.1 Å². The van der Waals surface area contributed by atoms with E-state index in [1.807, 2.05) is 18.2 Å². The largest absolute Gasteiger partial charge is 1.00 e. The normalized spacial score (nSPS) is 15.1. The summed E-state index contributed by atoms with van der Waals surface area (Å²) in [4.78, 5) is 8.15. The van der Waals surface area contributed by atoms with Crippen LogP contribution in [0.4, 0.5) is 0 Å². The third-order valence-corrected chi connectivity index (χ3v) is 3.85. The van der Waals surface area contributed by atoms with Gasteiger partial charge in [-0.05, 0) is 36.6 Å². The topological polar surface area (TPSA) is 47.0 Å². The lowest BCUT2D eigenvalue weighted by molar-refractivity contribution is -0.00000522. The first-order valence-corrected chi connectivity index (χ1v) is 7.67. The molecule has 1 aromatic carbocycles. The van der Waals surface area contributed by atoms with Crippen molar-refractivity contribution in [3.63, 3.8) is 0 Å². The second kappa shape index (κ2) is 8.71. The molecule has 0 atom stereocenters. The lowest BCUT2D eigenvalue weighted by Crippen LogP contribution is -3.00. The molecule has 0 amide bonds. The fourth-order valence-electron chi connectivity index (χ4n) is 2.73. The smallest absolute Gasteiger partial charge is 0.321 e. The highest BCUT2D eigenvalue weighted by molar-refractivity contribution is 5.30. The highest BCUT2D eigenvalue weighted by atomic mass is 35.5. The Labute approximate surface area is 137 Å². The quantitative estimate of drug-likeness (QED) is 0.881. The van der Waals surface area contributed by atoms with Crippen LogP contribution in [-0.2, 0) is 6.54 Å². The van der Waals surface area contributed by atoms with Crippen molar-refractivity contribution >= 4 is 0 Å². The lowest BCUT2D eigenvalue weighted by Gasteiger charge is -2.22. The van der Waals surface area contributed by atoms with Gasteiger partial charge in [0.1, 0.15) is 5.75 Å². The summed E-state index contributed by atoms with van der Waals surface area (Å²) in [6.07, 6.45) is 10.0. The first-order chi connectivity index (χ1) is 10.4. The molecule has 1 aliphatic carbocycles. The number of aromatic nitrogens is 2. The Kier molecular flexibility index (Phi) is 6.62. The van der Waals surface area contributed by atoms with Crippen LogP contribution in [0.15, 0.2) is 42.7 Å². The van der Waals surface area contributed by atoms with Crippen LogP contribution in [0.25, 0.3) is 0 Å². The molecule has 3 rings (SSSR count). The molecule has 1 saturated carbocycles. The zero-order chi connectivity index (χ0) is 14.3. The molecule has 2 aromatic rings. The van der Waals surface area contributed by atoms with E-state index >= 15 is 0 Å². The fourth-order valence-corrected chi connectivity index (χ4v) is 2.73. The lowest BCUT2D eigenvalue weighted by atomic mass is 9.95. The number of rotatable bonds is 5. The number of nitrogens with one attached hydrogen (secondary N) is 1. The van der Waals surface area contributed by atoms with Gasteiger partial charge in [-0.1, -0.05) is 31.4 Å². The van der Waals surface area contributed by atoms with Crippen molar-refractivity contribution in [2.75, 3.05) is 0 Å². The predicted molar refractivity (Wildman–Crippen MR) is 82.3 cm³/mol. The minimum absolute atomic E-state index is 0. The van der Waals surface area contributed by atoms with Gasteiger partial charge in [-0.3, -0.25) is 0 Å². The molecule has 0 radical (unpaired) electrons. The maximum Gasteiger partial charge on any atom is 0.321 e. The van der Waals surface area contributed by atoms with Gasteiger partial charge in [0.05, 0.1) is 0 Å². The van der Waals surface area contributed by atoms with Gasteiger partial charge in [0.25, 0.3) is 0 Å². The molecule has 0 unspecified atom stereocenters. The average molecular weight is 319 g/mol. The third-order valence-electron chi connectivity index (χ3n) is 3.85. The zero-order valence-corrected chi connectivity index (χ0v) is 13.3. The number of halogens is 1. The van der Waals surface area contributed by atoms with Gasteiger partial charge in [-0.25, -0.2) is 9.97 Å². The Hall–Kier alpha value is -1.65. The first-order valence-electron chi connectivity index (χ1n) is 7.67. The third kappa shape index (κ3) is 4.97. The Morgan fingerprint density at radius 1 is 1.05 bits per heavy atom. The molecule has 1 aliphatic rings. The van der Waals surface area contributed by atoms with Crippen LogP contribution in [0.1, 0.15) is 37.7 Å². The maximum atomic E-state index is 5.66. The number of hydrogen-bond donors (Lipinski definition) is 1. The van der Waals surface area contributed by atoms with E-state index in [-0.39, 0.29) is 12.4 Å². The van der Waals surface area contributed by atoms with Crippen LogP contribution < -0.4 is 22.5 Å². The van der Waals surface area contributed by atoms with Crippen molar-refractivity contribution in [3.8, 4) is 11.8 Å². The van der Waals surface area contributed by atoms with Crippen LogP contribution in [0.3, 0.4) is 0 Å². The Bertz CT molecular complexity index is 559. The summed E-state index contributed by atoms with van der Waals surface area (Å²) >= 11 is 0. The van der Waals surface area contributed by atoms with Crippen molar-refractivity contribution in [2.24, 2.45) is 0 Å². The summed E-state index contributed by atoms with van der Waals surface area (Å²) in [5.74, 6) is 0.782. The molecule has 1 N–H and O–H groups in total. The van der Waals surface area contributed by atoms with Gasteiger partial charge < -0.3 is 22.5 Å². The van der Waals surface area contributed by atoms with Gasteiger partial charge in [0, 0.05) is 25.0 Å². The molecule has 1 aromatic heterocycles. The van der Waals surface area contributed by atoms with E-state index in [9.17, 15) is 0 Å². The molecule has 118 valence electrons. The first kappa shape index (κ1) is 16.7. The highest BCUT2D eigenvalue weighted by Crippen LogP contribution is 2.20. The second-order valence-corrected chi connectivity index (χ2v) is 5.50. The van der Waals surface area contributed by atoms with Gasteiger partial charge >= 0.3 is 6.01 Å². The maximum absolute atomic E-state index is 5.66. The Balaban J connectivity index is 0.00000176. The molecule has 0 spiro atoms. The number of hydrogen-bond acceptors (Lipinski definition) is 4. The van der Waals surface area contributed by atoms with Crippen LogP contribution in [0.5, 0.6) is 11.8 Å². The summed E-state index contributed by atoms with van der Waals surface area (Å²) in [7, 11) is 0. The Morgan fingerprint density at radius 2 is 1.82 bits per heavy atom. The monoisotopic (exact) mass is 318 g/mol. The van der Waals surface area contributed by atoms with Crippen molar-refractivity contribution < 1.29 is 17.1 Å². The minimum atomic E-state index is 0. The molecule has 5 heteroatoms. The summed E-state index contributed by atoms with van der Waals surface area (Å²) in [6, 6.07) is 10.9. The van der Waals surface area contributed by atoms with Gasteiger partial charge in [0.2, 0.25) is 0 Å². The van der Waals surface area contributed by atoms with Crippen LogP contribution in [0, 0.1) is 0 Å². The molecule has 4 nitrogen and oxygen atoms in total. The Morgan fingerprint density at radius 3 is 2.59 bits per heavy atom. The second-order valence-electron chi connectivity index (χ2n) is 5.50. The summed E-state index contributed by atoms with van der Waals surface area (Å²) < 4.78 is 5.66. The average Bonchev–Trinajstić information content (AvgIpc) is 2.55. The van der Waals surface area contributed by atoms with Gasteiger partial charge in [-0.15, -0.1) is 0 Å². The number of nitrogens with zero attached hydrogens (tertiary/aromatic N) is 2. The summed E-state index contributed by atoms with van der Waals surface area (Å²) in [5, 5.41) is 3.64. The predicted octanol–water partition coefficient (Wildman–Crippen LogP) is 0.695. The molecule has 1 fully saturated rings. The van der Waals surface area contributed by atoms with Crippen molar-refractivity contribution in [2.45, 2.75) is 44.7 Å². The van der Waals surface area contributed by atoms with Crippen molar-refractivity contribution in [1.82, 2.24) is 15.3 Å². The van der Waals surface area contributed by atoms with Crippen LogP contribution in [-0.4, -0.2) is 16.0 Å². The highest BCUT2D eigenvalue weighted by Gasteiger charge is 2.12. The molecule has 1 heterocycles. The SMILES string of the molecule is [Cl-].c1cnc(Oc2cccc(CNC3CCCCC3)c2)nc1. The van der Waals surface area contributed by atoms with E-state index in [1.165, 1.54) is 37.7 Å². The van der Waals surface area contributed by atoms with Crippen molar-refractivity contribution in [1.29, 1.82) is 0 Å². The standard InChI is InChI=1S/C17H21N3O.ClH/c1-2-7-15(8-3-1)20-13-14-6-4-9-16(12-14)21-17-18-10-5-11-19-17;/h4-6,9-12,15,20H,1-3,7-8,13H2;1H/p-1. The van der Waals surface area contributed by atoms with E-state index < -0.39 is 0 Å². The van der Waals surface area contributed by atoms with Crippen LogP contribution in [0.2, 0.25) is 0 Å².